The lowest BCUT2D eigenvalue weighted by molar-refractivity contribution is -0.0104. The Morgan fingerprint density at radius 2 is 2.19 bits per heavy atom. The molecule has 1 aliphatic rings. The van der Waals surface area contributed by atoms with Crippen LogP contribution >= 0.6 is 0 Å². The van der Waals surface area contributed by atoms with Crippen molar-refractivity contribution in [2.45, 2.75) is 44.8 Å². The summed E-state index contributed by atoms with van der Waals surface area (Å²) >= 11 is 0. The molecule has 0 spiro atoms. The van der Waals surface area contributed by atoms with E-state index < -0.39 is 5.97 Å². The van der Waals surface area contributed by atoms with Crippen LogP contribution in [0.2, 0.25) is 0 Å². The number of carboxylic acid groups (broad SMARTS) is 1. The number of ether oxygens (including phenoxy) is 1. The van der Waals surface area contributed by atoms with E-state index >= 15 is 0 Å². The molecule has 1 aromatic heterocycles. The molecule has 88 valence electrons. The standard InChI is InChI=1S/C12H16O4/c1-8(15-9-4-2-3-5-9)10-6-7-11(16-10)12(13)14/h6-9H,2-5H2,1H3,(H,13,14). The summed E-state index contributed by atoms with van der Waals surface area (Å²) in [6.45, 7) is 1.89. The van der Waals surface area contributed by atoms with Gasteiger partial charge in [0.1, 0.15) is 11.9 Å². The van der Waals surface area contributed by atoms with Gasteiger partial charge in [-0.25, -0.2) is 4.79 Å². The van der Waals surface area contributed by atoms with Crippen molar-refractivity contribution in [1.82, 2.24) is 0 Å². The smallest absolute Gasteiger partial charge is 0.371 e. The van der Waals surface area contributed by atoms with Crippen LogP contribution in [-0.2, 0) is 4.74 Å². The maximum atomic E-state index is 10.6. The molecule has 1 aromatic rings. The van der Waals surface area contributed by atoms with Crippen LogP contribution in [0.25, 0.3) is 0 Å². The van der Waals surface area contributed by atoms with Crippen LogP contribution in [0.3, 0.4) is 0 Å². The molecule has 0 amide bonds. The van der Waals surface area contributed by atoms with Gasteiger partial charge in [0.25, 0.3) is 0 Å². The van der Waals surface area contributed by atoms with Crippen molar-refractivity contribution < 1.29 is 19.1 Å². The summed E-state index contributed by atoms with van der Waals surface area (Å²) < 4.78 is 11.0. The van der Waals surface area contributed by atoms with E-state index in [9.17, 15) is 4.79 Å². The number of carboxylic acids is 1. The third kappa shape index (κ3) is 2.44. The molecular formula is C12H16O4. The maximum absolute atomic E-state index is 10.6. The van der Waals surface area contributed by atoms with Crippen LogP contribution < -0.4 is 0 Å². The second-order valence-electron chi connectivity index (χ2n) is 4.19. The van der Waals surface area contributed by atoms with Gasteiger partial charge in [-0.1, -0.05) is 12.8 Å². The van der Waals surface area contributed by atoms with Crippen LogP contribution in [-0.4, -0.2) is 17.2 Å². The summed E-state index contributed by atoms with van der Waals surface area (Å²) in [5, 5.41) is 8.73. The zero-order valence-corrected chi connectivity index (χ0v) is 9.31. The van der Waals surface area contributed by atoms with E-state index in [0.29, 0.717) is 11.9 Å². The maximum Gasteiger partial charge on any atom is 0.371 e. The first kappa shape index (κ1) is 11.2. The van der Waals surface area contributed by atoms with Gasteiger partial charge in [0.05, 0.1) is 6.10 Å². The van der Waals surface area contributed by atoms with Crippen molar-refractivity contribution in [2.75, 3.05) is 0 Å². The molecule has 0 radical (unpaired) electrons. The predicted octanol–water partition coefficient (Wildman–Crippen LogP) is 3.00. The zero-order valence-electron chi connectivity index (χ0n) is 9.31. The van der Waals surface area contributed by atoms with Crippen molar-refractivity contribution in [2.24, 2.45) is 0 Å². The Kier molecular flexibility index (Phi) is 3.29. The first-order valence-electron chi connectivity index (χ1n) is 5.65. The van der Waals surface area contributed by atoms with Crippen molar-refractivity contribution in [3.05, 3.63) is 23.7 Å². The molecule has 0 bridgehead atoms. The molecule has 1 unspecified atom stereocenters. The number of hydrogen-bond acceptors (Lipinski definition) is 3. The minimum absolute atomic E-state index is 0.0307. The van der Waals surface area contributed by atoms with E-state index in [4.69, 9.17) is 14.3 Å². The molecule has 0 aromatic carbocycles. The van der Waals surface area contributed by atoms with Gasteiger partial charge in [0.2, 0.25) is 5.76 Å². The Labute approximate surface area is 94.2 Å². The summed E-state index contributed by atoms with van der Waals surface area (Å²) in [5.41, 5.74) is 0. The fraction of sp³-hybridized carbons (Fsp3) is 0.583. The van der Waals surface area contributed by atoms with Crippen molar-refractivity contribution in [3.63, 3.8) is 0 Å². The Morgan fingerprint density at radius 3 is 2.75 bits per heavy atom. The molecule has 4 heteroatoms. The van der Waals surface area contributed by atoms with E-state index in [0.717, 1.165) is 12.8 Å². The monoisotopic (exact) mass is 224 g/mol. The molecule has 2 rings (SSSR count). The first-order valence-corrected chi connectivity index (χ1v) is 5.65. The summed E-state index contributed by atoms with van der Waals surface area (Å²) in [6, 6.07) is 3.13. The minimum atomic E-state index is -1.04. The van der Waals surface area contributed by atoms with Gasteiger partial charge in [0, 0.05) is 0 Å². The number of furan rings is 1. The average molecular weight is 224 g/mol. The van der Waals surface area contributed by atoms with Gasteiger partial charge in [-0.15, -0.1) is 0 Å². The van der Waals surface area contributed by atoms with E-state index in [-0.39, 0.29) is 11.9 Å². The second kappa shape index (κ2) is 4.70. The largest absolute Gasteiger partial charge is 0.475 e. The quantitative estimate of drug-likeness (QED) is 0.854. The van der Waals surface area contributed by atoms with E-state index in [2.05, 4.69) is 0 Å². The van der Waals surface area contributed by atoms with Gasteiger partial charge in [-0.3, -0.25) is 0 Å². The van der Waals surface area contributed by atoms with E-state index in [1.165, 1.54) is 18.9 Å². The summed E-state index contributed by atoms with van der Waals surface area (Å²) in [4.78, 5) is 10.6. The summed E-state index contributed by atoms with van der Waals surface area (Å²) in [5.74, 6) is -0.486. The van der Waals surface area contributed by atoms with Gasteiger partial charge in [-0.2, -0.15) is 0 Å². The van der Waals surface area contributed by atoms with E-state index in [1.54, 1.807) is 6.07 Å². The molecular weight excluding hydrogens is 208 g/mol. The normalized spacial score (nSPS) is 18.8. The number of rotatable bonds is 4. The van der Waals surface area contributed by atoms with Crippen LogP contribution in [0.15, 0.2) is 16.5 Å². The van der Waals surface area contributed by atoms with Crippen LogP contribution in [0.1, 0.15) is 55.0 Å². The number of carbonyl (C=O) groups is 1. The lowest BCUT2D eigenvalue weighted by Crippen LogP contribution is -2.10. The highest BCUT2D eigenvalue weighted by Gasteiger charge is 2.21. The second-order valence-corrected chi connectivity index (χ2v) is 4.19. The molecule has 1 saturated carbocycles. The molecule has 1 atom stereocenters. The van der Waals surface area contributed by atoms with Crippen LogP contribution in [0.4, 0.5) is 0 Å². The summed E-state index contributed by atoms with van der Waals surface area (Å²) in [7, 11) is 0. The Balaban J connectivity index is 1.96. The van der Waals surface area contributed by atoms with Crippen molar-refractivity contribution >= 4 is 5.97 Å². The fourth-order valence-electron chi connectivity index (χ4n) is 2.07. The molecule has 1 fully saturated rings. The van der Waals surface area contributed by atoms with Gasteiger partial charge >= 0.3 is 5.97 Å². The Hall–Kier alpha value is -1.29. The highest BCUT2D eigenvalue weighted by molar-refractivity contribution is 5.84. The van der Waals surface area contributed by atoms with Crippen LogP contribution in [0.5, 0.6) is 0 Å². The zero-order chi connectivity index (χ0) is 11.5. The first-order chi connectivity index (χ1) is 7.66. The SMILES string of the molecule is CC(OC1CCCC1)c1ccc(C(=O)O)o1. The highest BCUT2D eigenvalue weighted by Crippen LogP contribution is 2.28. The van der Waals surface area contributed by atoms with Crippen molar-refractivity contribution in [1.29, 1.82) is 0 Å². The molecule has 0 saturated heterocycles. The lowest BCUT2D eigenvalue weighted by atomic mass is 10.2. The van der Waals surface area contributed by atoms with Gasteiger partial charge in [-0.05, 0) is 31.9 Å². The molecule has 16 heavy (non-hydrogen) atoms. The van der Waals surface area contributed by atoms with Gasteiger partial charge in [0.15, 0.2) is 0 Å². The minimum Gasteiger partial charge on any atom is -0.475 e. The molecule has 1 heterocycles. The van der Waals surface area contributed by atoms with Gasteiger partial charge < -0.3 is 14.3 Å². The third-order valence-electron chi connectivity index (χ3n) is 2.94. The predicted molar refractivity (Wildman–Crippen MR) is 57.4 cm³/mol. The molecule has 1 N–H and O–H groups in total. The Morgan fingerprint density at radius 1 is 1.50 bits per heavy atom. The lowest BCUT2D eigenvalue weighted by Gasteiger charge is -2.16. The summed E-state index contributed by atoms with van der Waals surface area (Å²) in [6.07, 6.45) is 4.75. The number of aromatic carboxylic acids is 1. The molecule has 0 aliphatic heterocycles. The average Bonchev–Trinajstić information content (AvgIpc) is 2.86. The molecule has 4 nitrogen and oxygen atoms in total. The third-order valence-corrected chi connectivity index (χ3v) is 2.94. The molecule has 1 aliphatic carbocycles. The van der Waals surface area contributed by atoms with Crippen molar-refractivity contribution in [3.8, 4) is 0 Å². The topological polar surface area (TPSA) is 59.7 Å². The number of hydrogen-bond donors (Lipinski definition) is 1. The Bertz CT molecular complexity index is 363. The fourth-order valence-corrected chi connectivity index (χ4v) is 2.07. The highest BCUT2D eigenvalue weighted by atomic mass is 16.5. The van der Waals surface area contributed by atoms with E-state index in [1.807, 2.05) is 6.92 Å². The van der Waals surface area contributed by atoms with Crippen LogP contribution in [0, 0.1) is 0 Å².